The number of Topliss-reactive ketones (excluding diaryl/α,β-unsaturated/α-hetero) is 1. The first-order valence-electron chi connectivity index (χ1n) is 10.3. The third-order valence-corrected chi connectivity index (χ3v) is 8.57. The van der Waals surface area contributed by atoms with Crippen molar-refractivity contribution in [3.8, 4) is 0 Å². The Morgan fingerprint density at radius 2 is 1.87 bits per heavy atom. The second-order valence-corrected chi connectivity index (χ2v) is 10.4. The minimum Gasteiger partial charge on any atom is -0.456 e. The number of rotatable bonds is 8. The number of thioether (sulfide) groups is 1. The summed E-state index contributed by atoms with van der Waals surface area (Å²) in [7, 11) is 0. The average Bonchev–Trinajstić information content (AvgIpc) is 3.32. The van der Waals surface area contributed by atoms with Crippen LogP contribution in [0.3, 0.4) is 0 Å². The number of allylic oxidation sites excluding steroid dienone is 2. The van der Waals surface area contributed by atoms with Gasteiger partial charge in [-0.25, -0.2) is 4.79 Å². The quantitative estimate of drug-likeness (QED) is 0.265. The van der Waals surface area contributed by atoms with E-state index in [1.165, 1.54) is 16.2 Å². The van der Waals surface area contributed by atoms with Crippen LogP contribution in [0, 0.1) is 35.5 Å². The van der Waals surface area contributed by atoms with E-state index in [0.717, 1.165) is 6.42 Å². The molecule has 1 aromatic heterocycles. The number of esters is 1. The zero-order valence-electron chi connectivity index (χ0n) is 16.6. The van der Waals surface area contributed by atoms with Crippen molar-refractivity contribution in [1.29, 1.82) is 0 Å². The highest BCUT2D eigenvalue weighted by Gasteiger charge is 2.67. The average molecular weight is 446 g/mol. The van der Waals surface area contributed by atoms with Crippen LogP contribution in [-0.4, -0.2) is 53.1 Å². The van der Waals surface area contributed by atoms with Crippen molar-refractivity contribution in [2.24, 2.45) is 35.5 Å². The van der Waals surface area contributed by atoms with E-state index in [1.807, 2.05) is 6.26 Å². The minimum atomic E-state index is -0.963. The minimum absolute atomic E-state index is 0.115. The fourth-order valence-electron chi connectivity index (χ4n) is 5.61. The molecule has 6 rings (SSSR count). The first-order valence-corrected chi connectivity index (χ1v) is 12.6. The molecule has 158 valence electrons. The van der Waals surface area contributed by atoms with Gasteiger partial charge < -0.3 is 4.74 Å². The topological polar surface area (TPSA) is 80.8 Å². The van der Waals surface area contributed by atoms with Crippen molar-refractivity contribution in [3.05, 3.63) is 34.5 Å². The first kappa shape index (κ1) is 20.0. The zero-order valence-corrected chi connectivity index (χ0v) is 18.2. The molecular weight excluding hydrogens is 422 g/mol. The van der Waals surface area contributed by atoms with Crippen molar-refractivity contribution in [2.75, 3.05) is 18.6 Å². The number of ether oxygens (including phenoxy) is 1. The number of hydrogen-bond acceptors (Lipinski definition) is 7. The van der Waals surface area contributed by atoms with Crippen LogP contribution in [0.25, 0.3) is 0 Å². The number of nitrogens with zero attached hydrogens (tertiary/aromatic N) is 1. The molecule has 0 unspecified atom stereocenters. The third kappa shape index (κ3) is 3.07. The van der Waals surface area contributed by atoms with Gasteiger partial charge in [0.05, 0.1) is 16.7 Å². The van der Waals surface area contributed by atoms with E-state index in [4.69, 9.17) is 4.74 Å². The maximum atomic E-state index is 13.3. The molecule has 6 nitrogen and oxygen atoms in total. The summed E-state index contributed by atoms with van der Waals surface area (Å²) in [4.78, 5) is 53.5. The van der Waals surface area contributed by atoms with Crippen LogP contribution in [0.15, 0.2) is 29.7 Å². The Morgan fingerprint density at radius 1 is 1.20 bits per heavy atom. The molecule has 8 heteroatoms. The van der Waals surface area contributed by atoms with Gasteiger partial charge in [-0.15, -0.1) is 11.3 Å². The molecule has 2 saturated carbocycles. The normalized spacial score (nSPS) is 34.0. The molecule has 2 heterocycles. The number of hydrogen-bond donors (Lipinski definition) is 0. The number of amides is 2. The lowest BCUT2D eigenvalue weighted by atomic mass is 9.63. The number of ketones is 1. The molecule has 0 N–H and O–H groups in total. The van der Waals surface area contributed by atoms with Crippen molar-refractivity contribution in [2.45, 2.75) is 18.9 Å². The van der Waals surface area contributed by atoms with E-state index in [0.29, 0.717) is 28.9 Å². The second kappa shape index (κ2) is 7.64. The Hall–Kier alpha value is -1.93. The highest BCUT2D eigenvalue weighted by molar-refractivity contribution is 7.98. The van der Waals surface area contributed by atoms with Gasteiger partial charge in [-0.1, -0.05) is 18.2 Å². The van der Waals surface area contributed by atoms with Crippen LogP contribution in [0.2, 0.25) is 0 Å². The molecule has 30 heavy (non-hydrogen) atoms. The fourth-order valence-corrected chi connectivity index (χ4v) is 6.72. The zero-order chi connectivity index (χ0) is 21.0. The Morgan fingerprint density at radius 3 is 2.43 bits per heavy atom. The van der Waals surface area contributed by atoms with Crippen LogP contribution < -0.4 is 0 Å². The summed E-state index contributed by atoms with van der Waals surface area (Å²) in [6, 6.07) is 2.48. The SMILES string of the molecule is CSCC[C@H](C(=O)OCC(=O)c1cccs1)N1C(=O)[C@@H]2[C@H]3C=C[C@@H]([C@@H]4C[C@H]34)[C@@H]2C1=O. The van der Waals surface area contributed by atoms with Crippen LogP contribution in [0.1, 0.15) is 22.5 Å². The molecule has 0 radical (unpaired) electrons. The van der Waals surface area contributed by atoms with Crippen molar-refractivity contribution in [1.82, 2.24) is 4.90 Å². The number of imide groups is 1. The molecule has 4 aliphatic carbocycles. The van der Waals surface area contributed by atoms with Gasteiger partial charge in [0.2, 0.25) is 17.6 Å². The van der Waals surface area contributed by atoms with Crippen LogP contribution in [-0.2, 0) is 19.1 Å². The van der Waals surface area contributed by atoms with Gasteiger partial charge in [0.15, 0.2) is 6.61 Å². The number of thiophene rings is 1. The van der Waals surface area contributed by atoms with Crippen molar-refractivity contribution >= 4 is 46.7 Å². The maximum Gasteiger partial charge on any atom is 0.329 e. The van der Waals surface area contributed by atoms with E-state index in [2.05, 4.69) is 12.2 Å². The molecule has 7 atom stereocenters. The smallest absolute Gasteiger partial charge is 0.329 e. The molecule has 0 spiro atoms. The largest absolute Gasteiger partial charge is 0.456 e. The second-order valence-electron chi connectivity index (χ2n) is 8.51. The van der Waals surface area contributed by atoms with E-state index < -0.39 is 12.0 Å². The number of carbonyl (C=O) groups excluding carboxylic acids is 4. The molecule has 5 aliphatic rings. The molecule has 1 saturated heterocycles. The summed E-state index contributed by atoms with van der Waals surface area (Å²) in [5.41, 5.74) is 0. The monoisotopic (exact) mass is 445 g/mol. The van der Waals surface area contributed by atoms with Gasteiger partial charge >= 0.3 is 5.97 Å². The number of carbonyl (C=O) groups is 4. The first-order chi connectivity index (χ1) is 14.5. The Kier molecular flexibility index (Phi) is 5.09. The van der Waals surface area contributed by atoms with Gasteiger partial charge in [0.25, 0.3) is 0 Å². The third-order valence-electron chi connectivity index (χ3n) is 7.02. The Bertz CT molecular complexity index is 890. The summed E-state index contributed by atoms with van der Waals surface area (Å²) in [5, 5.41) is 1.78. The predicted molar refractivity (Wildman–Crippen MR) is 113 cm³/mol. The molecular formula is C22H23NO5S2. The highest BCUT2D eigenvalue weighted by atomic mass is 32.2. The van der Waals surface area contributed by atoms with Gasteiger partial charge in [0.1, 0.15) is 6.04 Å². The van der Waals surface area contributed by atoms with E-state index in [1.54, 1.807) is 29.3 Å². The van der Waals surface area contributed by atoms with Gasteiger partial charge in [-0.2, -0.15) is 11.8 Å². The number of likely N-dealkylation sites (tertiary alicyclic amines) is 1. The lowest BCUT2D eigenvalue weighted by molar-refractivity contribution is -0.158. The van der Waals surface area contributed by atoms with Gasteiger partial charge in [-0.05, 0) is 60.0 Å². The molecule has 2 amide bonds. The van der Waals surface area contributed by atoms with Gasteiger partial charge in [0, 0.05) is 0 Å². The van der Waals surface area contributed by atoms with E-state index in [9.17, 15) is 19.2 Å². The molecule has 3 fully saturated rings. The lowest BCUT2D eigenvalue weighted by Gasteiger charge is -2.37. The molecule has 2 bridgehead atoms. The molecule has 0 aromatic carbocycles. The summed E-state index contributed by atoms with van der Waals surface area (Å²) in [6.45, 7) is -0.380. The van der Waals surface area contributed by atoms with E-state index >= 15 is 0 Å². The summed E-state index contributed by atoms with van der Waals surface area (Å²) in [6.07, 6.45) is 7.57. The lowest BCUT2D eigenvalue weighted by Crippen LogP contribution is -2.47. The molecule has 1 aromatic rings. The van der Waals surface area contributed by atoms with Crippen LogP contribution >= 0.6 is 23.1 Å². The van der Waals surface area contributed by atoms with Crippen molar-refractivity contribution in [3.63, 3.8) is 0 Å². The summed E-state index contributed by atoms with van der Waals surface area (Å²) >= 11 is 2.83. The summed E-state index contributed by atoms with van der Waals surface area (Å²) < 4.78 is 5.30. The Labute approximate surface area is 183 Å². The molecule has 1 aliphatic heterocycles. The standard InChI is InChI=1S/C22H23NO5S2/c1-29-8-6-15(22(27)28-10-16(24)17-3-2-7-30-17)23-20(25)18-11-4-5-12(14-9-13(11)14)19(18)21(23)26/h2-5,7,11-15,18-19H,6,8-10H2,1H3/t11-,12-,13-,14+,15+,18-,19+/m0/s1. The fraction of sp³-hybridized carbons (Fsp3) is 0.545. The highest BCUT2D eigenvalue weighted by Crippen LogP contribution is 2.65. The predicted octanol–water partition coefficient (Wildman–Crippen LogP) is 2.65. The van der Waals surface area contributed by atoms with Crippen molar-refractivity contribution < 1.29 is 23.9 Å². The summed E-state index contributed by atoms with van der Waals surface area (Å²) in [5.74, 6) is -0.228. The Balaban J connectivity index is 1.34. The van der Waals surface area contributed by atoms with E-state index in [-0.39, 0.29) is 47.9 Å². The van der Waals surface area contributed by atoms with Gasteiger partial charge in [-0.3, -0.25) is 19.3 Å². The maximum absolute atomic E-state index is 13.3. The van der Waals surface area contributed by atoms with Crippen LogP contribution in [0.5, 0.6) is 0 Å². The van der Waals surface area contributed by atoms with Crippen LogP contribution in [0.4, 0.5) is 0 Å².